The van der Waals surface area contributed by atoms with Gasteiger partial charge in [-0.25, -0.2) is 0 Å². The highest BCUT2D eigenvalue weighted by atomic mass is 32.1. The summed E-state index contributed by atoms with van der Waals surface area (Å²) < 4.78 is 6.62. The third kappa shape index (κ3) is 2.38. The normalized spacial score (nSPS) is 12.1. The number of ether oxygens (including phenoxy) is 1. The molecule has 98 valence electrons. The second kappa shape index (κ2) is 4.90. The zero-order valence-corrected chi connectivity index (χ0v) is 12.6. The van der Waals surface area contributed by atoms with Gasteiger partial charge in [-0.3, -0.25) is 0 Å². The average molecular weight is 263 g/mol. The molecule has 3 heteroatoms. The van der Waals surface area contributed by atoms with Gasteiger partial charge in [0, 0.05) is 16.1 Å². The van der Waals surface area contributed by atoms with Crippen LogP contribution in [-0.4, -0.2) is 14.2 Å². The van der Waals surface area contributed by atoms with Crippen LogP contribution in [0.5, 0.6) is 5.75 Å². The molecule has 0 fully saturated rings. The lowest BCUT2D eigenvalue weighted by Gasteiger charge is -2.20. The first-order chi connectivity index (χ1) is 8.47. The van der Waals surface area contributed by atoms with Crippen molar-refractivity contribution < 1.29 is 4.74 Å². The molecule has 2 rings (SSSR count). The average Bonchev–Trinajstić information content (AvgIpc) is 2.65. The molecule has 0 bridgehead atoms. The summed E-state index contributed by atoms with van der Waals surface area (Å²) in [7, 11) is 3.71. The van der Waals surface area contributed by atoms with Gasteiger partial charge in [0.2, 0.25) is 0 Å². The number of methoxy groups -OCH3 is 1. The Morgan fingerprint density at radius 2 is 2.00 bits per heavy atom. The number of fused-ring (bicyclic) bond motifs is 1. The van der Waals surface area contributed by atoms with E-state index in [-0.39, 0.29) is 5.41 Å². The molecule has 0 saturated heterocycles. The second-order valence-electron chi connectivity index (χ2n) is 5.54. The van der Waals surface area contributed by atoms with Crippen LogP contribution in [0.2, 0.25) is 0 Å². The first kappa shape index (κ1) is 13.4. The molecule has 0 unspecified atom stereocenters. The van der Waals surface area contributed by atoms with Gasteiger partial charge >= 0.3 is 0 Å². The predicted octanol–water partition coefficient (Wildman–Crippen LogP) is 3.93. The number of hydrogen-bond acceptors (Lipinski definition) is 3. The van der Waals surface area contributed by atoms with Gasteiger partial charge in [-0.05, 0) is 41.6 Å². The summed E-state index contributed by atoms with van der Waals surface area (Å²) in [6, 6.07) is 6.37. The highest BCUT2D eigenvalue weighted by Crippen LogP contribution is 2.40. The van der Waals surface area contributed by atoms with Crippen LogP contribution in [0.3, 0.4) is 0 Å². The number of benzene rings is 1. The summed E-state index contributed by atoms with van der Waals surface area (Å²) in [6.45, 7) is 7.75. The number of thiophene rings is 1. The molecule has 18 heavy (non-hydrogen) atoms. The van der Waals surface area contributed by atoms with Gasteiger partial charge in [0.15, 0.2) is 0 Å². The molecule has 0 atom stereocenters. The Labute approximate surface area is 113 Å². The largest absolute Gasteiger partial charge is 0.497 e. The Balaban J connectivity index is 2.67. The lowest BCUT2D eigenvalue weighted by atomic mass is 9.85. The molecule has 1 N–H and O–H groups in total. The van der Waals surface area contributed by atoms with Crippen LogP contribution >= 0.6 is 11.3 Å². The van der Waals surface area contributed by atoms with Crippen LogP contribution < -0.4 is 10.1 Å². The van der Waals surface area contributed by atoms with Gasteiger partial charge in [0.1, 0.15) is 5.75 Å². The van der Waals surface area contributed by atoms with E-state index in [9.17, 15) is 0 Å². The molecule has 0 spiro atoms. The van der Waals surface area contributed by atoms with Gasteiger partial charge in [0.25, 0.3) is 0 Å². The van der Waals surface area contributed by atoms with E-state index in [4.69, 9.17) is 4.74 Å². The molecule has 1 heterocycles. The maximum atomic E-state index is 5.31. The molecule has 2 aromatic rings. The summed E-state index contributed by atoms with van der Waals surface area (Å²) >= 11 is 1.86. The minimum Gasteiger partial charge on any atom is -0.497 e. The molecular weight excluding hydrogens is 242 g/mol. The standard InChI is InChI=1S/C15H21NOS/c1-15(2,3)14-11-7-6-10(17-5)8-12(11)18-13(14)9-16-4/h6-8,16H,9H2,1-5H3. The predicted molar refractivity (Wildman–Crippen MR) is 79.8 cm³/mol. The summed E-state index contributed by atoms with van der Waals surface area (Å²) in [5, 5.41) is 4.62. The fourth-order valence-corrected chi connectivity index (χ4v) is 3.82. The smallest absolute Gasteiger partial charge is 0.120 e. The van der Waals surface area contributed by atoms with E-state index in [0.717, 1.165) is 12.3 Å². The molecule has 1 aromatic heterocycles. The van der Waals surface area contributed by atoms with Gasteiger partial charge in [-0.2, -0.15) is 0 Å². The molecule has 0 radical (unpaired) electrons. The lowest BCUT2D eigenvalue weighted by Crippen LogP contribution is -2.15. The van der Waals surface area contributed by atoms with Crippen molar-refractivity contribution in [3.8, 4) is 5.75 Å². The maximum Gasteiger partial charge on any atom is 0.120 e. The third-order valence-corrected chi connectivity index (χ3v) is 4.21. The van der Waals surface area contributed by atoms with Crippen molar-refractivity contribution in [2.24, 2.45) is 0 Å². The molecule has 0 saturated carbocycles. The molecule has 0 amide bonds. The quantitative estimate of drug-likeness (QED) is 0.906. The van der Waals surface area contributed by atoms with E-state index in [1.165, 1.54) is 20.5 Å². The van der Waals surface area contributed by atoms with Crippen molar-refractivity contribution in [1.82, 2.24) is 5.32 Å². The van der Waals surface area contributed by atoms with Gasteiger partial charge in [0.05, 0.1) is 7.11 Å². The number of rotatable bonds is 3. The maximum absolute atomic E-state index is 5.31. The monoisotopic (exact) mass is 263 g/mol. The summed E-state index contributed by atoms with van der Waals surface area (Å²) in [5.41, 5.74) is 1.62. The fraction of sp³-hybridized carbons (Fsp3) is 0.467. The fourth-order valence-electron chi connectivity index (χ4n) is 2.36. The van der Waals surface area contributed by atoms with Crippen molar-refractivity contribution in [1.29, 1.82) is 0 Å². The van der Waals surface area contributed by atoms with Crippen LogP contribution in [-0.2, 0) is 12.0 Å². The van der Waals surface area contributed by atoms with Gasteiger partial charge in [-0.1, -0.05) is 20.8 Å². The first-order valence-electron chi connectivity index (χ1n) is 6.22. The Morgan fingerprint density at radius 1 is 1.28 bits per heavy atom. The summed E-state index contributed by atoms with van der Waals surface area (Å²) in [6.07, 6.45) is 0. The topological polar surface area (TPSA) is 21.3 Å². The van der Waals surface area contributed by atoms with Crippen molar-refractivity contribution in [3.05, 3.63) is 28.6 Å². The van der Waals surface area contributed by atoms with Crippen molar-refractivity contribution in [2.75, 3.05) is 14.2 Å². The zero-order chi connectivity index (χ0) is 13.3. The SMILES string of the molecule is CNCc1sc2cc(OC)ccc2c1C(C)(C)C. The molecular formula is C15H21NOS. The van der Waals surface area contributed by atoms with Gasteiger partial charge < -0.3 is 10.1 Å². The number of hydrogen-bond donors (Lipinski definition) is 1. The number of nitrogens with one attached hydrogen (secondary N) is 1. The molecule has 0 aliphatic rings. The van der Waals surface area contributed by atoms with E-state index in [0.29, 0.717) is 0 Å². The van der Waals surface area contributed by atoms with E-state index in [1.807, 2.05) is 24.5 Å². The molecule has 1 aromatic carbocycles. The molecule has 2 nitrogen and oxygen atoms in total. The van der Waals surface area contributed by atoms with Crippen molar-refractivity contribution in [3.63, 3.8) is 0 Å². The second-order valence-corrected chi connectivity index (χ2v) is 6.68. The van der Waals surface area contributed by atoms with Crippen molar-refractivity contribution >= 4 is 21.4 Å². The Bertz CT molecular complexity index is 551. The van der Waals surface area contributed by atoms with E-state index in [2.05, 4.69) is 38.2 Å². The highest BCUT2D eigenvalue weighted by molar-refractivity contribution is 7.19. The Morgan fingerprint density at radius 3 is 2.56 bits per heavy atom. The van der Waals surface area contributed by atoms with E-state index < -0.39 is 0 Å². The third-order valence-electron chi connectivity index (χ3n) is 3.06. The van der Waals surface area contributed by atoms with Crippen LogP contribution in [0.15, 0.2) is 18.2 Å². The molecule has 0 aliphatic carbocycles. The van der Waals surface area contributed by atoms with Crippen LogP contribution in [0.1, 0.15) is 31.2 Å². The Kier molecular flexibility index (Phi) is 3.64. The summed E-state index contributed by atoms with van der Waals surface area (Å²) in [5.74, 6) is 0.931. The first-order valence-corrected chi connectivity index (χ1v) is 7.03. The van der Waals surface area contributed by atoms with Crippen LogP contribution in [0, 0.1) is 0 Å². The minimum absolute atomic E-state index is 0.166. The lowest BCUT2D eigenvalue weighted by molar-refractivity contribution is 0.415. The highest BCUT2D eigenvalue weighted by Gasteiger charge is 2.23. The minimum atomic E-state index is 0.166. The Hall–Kier alpha value is -1.06. The zero-order valence-electron chi connectivity index (χ0n) is 11.8. The van der Waals surface area contributed by atoms with Crippen LogP contribution in [0.4, 0.5) is 0 Å². The van der Waals surface area contributed by atoms with Crippen molar-refractivity contribution in [2.45, 2.75) is 32.7 Å². The van der Waals surface area contributed by atoms with E-state index >= 15 is 0 Å². The van der Waals surface area contributed by atoms with Crippen LogP contribution in [0.25, 0.3) is 10.1 Å². The molecule has 0 aliphatic heterocycles. The summed E-state index contributed by atoms with van der Waals surface area (Å²) in [4.78, 5) is 1.42. The van der Waals surface area contributed by atoms with E-state index in [1.54, 1.807) is 7.11 Å². The van der Waals surface area contributed by atoms with Gasteiger partial charge in [-0.15, -0.1) is 11.3 Å².